The van der Waals surface area contributed by atoms with Gasteiger partial charge >= 0.3 is 6.03 Å². The van der Waals surface area contributed by atoms with E-state index in [-0.39, 0.29) is 12.1 Å². The van der Waals surface area contributed by atoms with Gasteiger partial charge in [0.2, 0.25) is 0 Å². The number of carbonyl (C=O) groups excluding carboxylic acids is 1. The minimum Gasteiger partial charge on any atom is -0.490 e. The Hall–Kier alpha value is -1.75. The van der Waals surface area contributed by atoms with Crippen LogP contribution in [0.4, 0.5) is 10.5 Å². The van der Waals surface area contributed by atoms with Gasteiger partial charge in [-0.1, -0.05) is 0 Å². The molecule has 2 N–H and O–H groups in total. The van der Waals surface area contributed by atoms with Crippen LogP contribution < -0.4 is 15.4 Å². The lowest BCUT2D eigenvalue weighted by atomic mass is 10.2. The summed E-state index contributed by atoms with van der Waals surface area (Å²) in [7, 11) is 0. The first kappa shape index (κ1) is 15.2. The van der Waals surface area contributed by atoms with E-state index in [1.165, 1.54) is 12.8 Å². The van der Waals surface area contributed by atoms with Gasteiger partial charge in [-0.05, 0) is 62.8 Å². The summed E-state index contributed by atoms with van der Waals surface area (Å²) < 4.78 is 11.4. The third-order valence-corrected chi connectivity index (χ3v) is 4.23. The van der Waals surface area contributed by atoms with Crippen LogP contribution in [0.2, 0.25) is 0 Å². The maximum absolute atomic E-state index is 11.8. The lowest BCUT2D eigenvalue weighted by molar-refractivity contribution is 0.112. The summed E-state index contributed by atoms with van der Waals surface area (Å²) in [6.45, 7) is 1.37. The standard InChI is InChI=1S/C17H24N2O3/c20-17(18-12-16-6-3-11-21-16)19-13-7-9-15(10-8-13)22-14-4-1-2-5-14/h7-10,14,16H,1-6,11-12H2,(H2,18,19,20). The molecule has 0 aromatic heterocycles. The van der Waals surface area contributed by atoms with Gasteiger partial charge < -0.3 is 20.1 Å². The van der Waals surface area contributed by atoms with Crippen molar-refractivity contribution in [3.8, 4) is 5.75 Å². The lowest BCUT2D eigenvalue weighted by Gasteiger charge is -2.14. The lowest BCUT2D eigenvalue weighted by Crippen LogP contribution is -2.34. The van der Waals surface area contributed by atoms with E-state index in [1.54, 1.807) is 0 Å². The molecule has 1 heterocycles. The largest absolute Gasteiger partial charge is 0.490 e. The highest BCUT2D eigenvalue weighted by atomic mass is 16.5. The molecule has 1 aliphatic carbocycles. The number of anilines is 1. The molecule has 0 spiro atoms. The number of carbonyl (C=O) groups is 1. The molecule has 1 saturated heterocycles. The van der Waals surface area contributed by atoms with Crippen LogP contribution in [0.1, 0.15) is 38.5 Å². The fraction of sp³-hybridized carbons (Fsp3) is 0.588. The molecule has 2 aliphatic rings. The van der Waals surface area contributed by atoms with E-state index in [0.717, 1.165) is 43.7 Å². The zero-order chi connectivity index (χ0) is 15.2. The predicted molar refractivity (Wildman–Crippen MR) is 85.3 cm³/mol. The molecular weight excluding hydrogens is 280 g/mol. The molecule has 1 unspecified atom stereocenters. The summed E-state index contributed by atoms with van der Waals surface area (Å²) in [5.74, 6) is 0.872. The molecule has 1 atom stereocenters. The second kappa shape index (κ2) is 7.49. The molecule has 0 radical (unpaired) electrons. The number of amides is 2. The zero-order valence-electron chi connectivity index (χ0n) is 12.8. The molecule has 5 heteroatoms. The van der Waals surface area contributed by atoms with Crippen LogP contribution in [-0.2, 0) is 4.74 Å². The van der Waals surface area contributed by atoms with Crippen molar-refractivity contribution in [1.82, 2.24) is 5.32 Å². The van der Waals surface area contributed by atoms with Crippen LogP contribution in [0.25, 0.3) is 0 Å². The SMILES string of the molecule is O=C(NCC1CCCO1)Nc1ccc(OC2CCCC2)cc1. The molecule has 5 nitrogen and oxygen atoms in total. The molecule has 3 rings (SSSR count). The highest BCUT2D eigenvalue weighted by Gasteiger charge is 2.17. The highest BCUT2D eigenvalue weighted by molar-refractivity contribution is 5.89. The van der Waals surface area contributed by atoms with E-state index < -0.39 is 0 Å². The van der Waals surface area contributed by atoms with Gasteiger partial charge in [0, 0.05) is 18.8 Å². The maximum Gasteiger partial charge on any atom is 0.319 e. The monoisotopic (exact) mass is 304 g/mol. The van der Waals surface area contributed by atoms with Gasteiger partial charge in [0.25, 0.3) is 0 Å². The van der Waals surface area contributed by atoms with E-state index in [0.29, 0.717) is 12.6 Å². The number of nitrogens with one attached hydrogen (secondary N) is 2. The van der Waals surface area contributed by atoms with Gasteiger partial charge in [-0.2, -0.15) is 0 Å². The fourth-order valence-electron chi connectivity index (χ4n) is 3.00. The van der Waals surface area contributed by atoms with Gasteiger partial charge in [-0.15, -0.1) is 0 Å². The highest BCUT2D eigenvalue weighted by Crippen LogP contribution is 2.24. The Bertz CT molecular complexity index is 477. The molecule has 0 bridgehead atoms. The van der Waals surface area contributed by atoms with Gasteiger partial charge in [0.1, 0.15) is 5.75 Å². The average Bonchev–Trinajstić information content (AvgIpc) is 3.20. The summed E-state index contributed by atoms with van der Waals surface area (Å²) in [4.78, 5) is 11.8. The second-order valence-corrected chi connectivity index (χ2v) is 6.02. The van der Waals surface area contributed by atoms with E-state index in [1.807, 2.05) is 24.3 Å². The van der Waals surface area contributed by atoms with E-state index >= 15 is 0 Å². The number of rotatable bonds is 5. The summed E-state index contributed by atoms with van der Waals surface area (Å²) in [5.41, 5.74) is 0.767. The molecule has 1 aromatic carbocycles. The Morgan fingerprint density at radius 3 is 2.59 bits per heavy atom. The smallest absolute Gasteiger partial charge is 0.319 e. The van der Waals surface area contributed by atoms with E-state index in [2.05, 4.69) is 10.6 Å². The van der Waals surface area contributed by atoms with E-state index in [4.69, 9.17) is 9.47 Å². The molecule has 22 heavy (non-hydrogen) atoms. The number of ether oxygens (including phenoxy) is 2. The second-order valence-electron chi connectivity index (χ2n) is 6.02. The Kier molecular flexibility index (Phi) is 5.16. The number of hydrogen-bond donors (Lipinski definition) is 2. The van der Waals surface area contributed by atoms with Gasteiger partial charge in [-0.25, -0.2) is 4.79 Å². The Morgan fingerprint density at radius 2 is 1.91 bits per heavy atom. The van der Waals surface area contributed by atoms with Crippen LogP contribution in [0, 0.1) is 0 Å². The van der Waals surface area contributed by atoms with Gasteiger partial charge in [-0.3, -0.25) is 0 Å². The Balaban J connectivity index is 1.42. The van der Waals surface area contributed by atoms with Crippen molar-refractivity contribution in [2.24, 2.45) is 0 Å². The third-order valence-electron chi connectivity index (χ3n) is 4.23. The molecular formula is C17H24N2O3. The van der Waals surface area contributed by atoms with Crippen molar-refractivity contribution in [3.63, 3.8) is 0 Å². The van der Waals surface area contributed by atoms with Crippen LogP contribution in [0.3, 0.4) is 0 Å². The maximum atomic E-state index is 11.8. The van der Waals surface area contributed by atoms with Gasteiger partial charge in [0.05, 0.1) is 12.2 Å². The first-order chi connectivity index (χ1) is 10.8. The minimum absolute atomic E-state index is 0.160. The van der Waals surface area contributed by atoms with Crippen LogP contribution >= 0.6 is 0 Å². The van der Waals surface area contributed by atoms with Crippen molar-refractivity contribution in [3.05, 3.63) is 24.3 Å². The van der Waals surface area contributed by atoms with Crippen molar-refractivity contribution in [2.75, 3.05) is 18.5 Å². The molecule has 1 aliphatic heterocycles. The predicted octanol–water partition coefficient (Wildman–Crippen LogP) is 3.31. The first-order valence-corrected chi connectivity index (χ1v) is 8.23. The van der Waals surface area contributed by atoms with Crippen molar-refractivity contribution in [2.45, 2.75) is 50.7 Å². The molecule has 2 fully saturated rings. The van der Waals surface area contributed by atoms with Crippen molar-refractivity contribution >= 4 is 11.7 Å². The van der Waals surface area contributed by atoms with Crippen LogP contribution in [-0.4, -0.2) is 31.4 Å². The number of benzene rings is 1. The van der Waals surface area contributed by atoms with Crippen LogP contribution in [0.5, 0.6) is 5.75 Å². The zero-order valence-corrected chi connectivity index (χ0v) is 12.8. The summed E-state index contributed by atoms with van der Waals surface area (Å²) in [6, 6.07) is 7.37. The number of urea groups is 1. The molecule has 2 amide bonds. The topological polar surface area (TPSA) is 59.6 Å². The Morgan fingerprint density at radius 1 is 1.14 bits per heavy atom. The quantitative estimate of drug-likeness (QED) is 0.877. The van der Waals surface area contributed by atoms with Crippen molar-refractivity contribution in [1.29, 1.82) is 0 Å². The molecule has 120 valence electrons. The normalized spacial score (nSPS) is 21.7. The molecule has 1 aromatic rings. The summed E-state index contributed by atoms with van der Waals surface area (Å²) in [5, 5.41) is 5.67. The summed E-state index contributed by atoms with van der Waals surface area (Å²) in [6.07, 6.45) is 7.42. The minimum atomic E-state index is -0.194. The first-order valence-electron chi connectivity index (χ1n) is 8.23. The van der Waals surface area contributed by atoms with Crippen LogP contribution in [0.15, 0.2) is 24.3 Å². The summed E-state index contributed by atoms with van der Waals surface area (Å²) >= 11 is 0. The van der Waals surface area contributed by atoms with Crippen molar-refractivity contribution < 1.29 is 14.3 Å². The average molecular weight is 304 g/mol. The van der Waals surface area contributed by atoms with Gasteiger partial charge in [0.15, 0.2) is 0 Å². The Labute approximate surface area is 131 Å². The number of hydrogen-bond acceptors (Lipinski definition) is 3. The molecule has 1 saturated carbocycles. The van der Waals surface area contributed by atoms with E-state index in [9.17, 15) is 4.79 Å². The fourth-order valence-corrected chi connectivity index (χ4v) is 3.00. The third kappa shape index (κ3) is 4.37.